The van der Waals surface area contributed by atoms with Gasteiger partial charge in [0.25, 0.3) is 0 Å². The summed E-state index contributed by atoms with van der Waals surface area (Å²) in [6, 6.07) is 1.64. The fraction of sp³-hybridized carbons (Fsp3) is 0.333. The molecule has 3 nitrogen and oxygen atoms in total. The monoisotopic (exact) mass is 294 g/mol. The molecular weight excluding hydrogens is 289 g/mol. The van der Waals surface area contributed by atoms with Crippen LogP contribution in [0.2, 0.25) is 0 Å². The molecule has 0 unspecified atom stereocenters. The molecule has 2 rings (SSSR count). The number of rotatable bonds is 0. The van der Waals surface area contributed by atoms with Crippen LogP contribution in [0.1, 0.15) is 11.3 Å². The average molecular weight is 295 g/mol. The van der Waals surface area contributed by atoms with Crippen molar-refractivity contribution >= 4 is 21.8 Å². The van der Waals surface area contributed by atoms with Crippen LogP contribution < -0.4 is 0 Å². The Kier molecular flexibility index (Phi) is 2.65. The highest BCUT2D eigenvalue weighted by Crippen LogP contribution is 2.30. The van der Waals surface area contributed by atoms with Gasteiger partial charge in [-0.15, -0.1) is 0 Å². The van der Waals surface area contributed by atoms with Gasteiger partial charge in [-0.1, -0.05) is 15.9 Å². The number of carbonyl (C=O) groups is 1. The summed E-state index contributed by atoms with van der Waals surface area (Å²) in [5, 5.41) is 0. The fourth-order valence-corrected chi connectivity index (χ4v) is 2.03. The maximum absolute atomic E-state index is 12.2. The predicted molar refractivity (Wildman–Crippen MR) is 52.2 cm³/mol. The summed E-state index contributed by atoms with van der Waals surface area (Å²) in [7, 11) is 0. The standard InChI is InChI=1S/C9H6BrF3N2O/c10-6-1-2-14-7-4-15(3-5(6)7)8(16)9(11,12)13/h1-2H,3-4H2. The van der Waals surface area contributed by atoms with Gasteiger partial charge in [0.15, 0.2) is 0 Å². The van der Waals surface area contributed by atoms with Crippen LogP contribution in [0.15, 0.2) is 16.7 Å². The third-order valence-electron chi connectivity index (χ3n) is 2.31. The Morgan fingerprint density at radius 2 is 2.12 bits per heavy atom. The van der Waals surface area contributed by atoms with E-state index in [0.29, 0.717) is 15.7 Å². The Labute approximate surface area is 97.4 Å². The van der Waals surface area contributed by atoms with E-state index in [1.54, 1.807) is 6.07 Å². The van der Waals surface area contributed by atoms with E-state index >= 15 is 0 Å². The molecule has 0 N–H and O–H groups in total. The lowest BCUT2D eigenvalue weighted by Gasteiger charge is -2.16. The molecule has 1 aromatic heterocycles. The number of nitrogens with zero attached hydrogens (tertiary/aromatic N) is 2. The van der Waals surface area contributed by atoms with E-state index in [0.717, 1.165) is 4.90 Å². The van der Waals surface area contributed by atoms with Gasteiger partial charge >= 0.3 is 12.1 Å². The Morgan fingerprint density at radius 3 is 2.69 bits per heavy atom. The number of amides is 1. The molecule has 0 aromatic carbocycles. The molecule has 0 saturated carbocycles. The average Bonchev–Trinajstić information content (AvgIpc) is 2.60. The molecule has 1 aliphatic heterocycles. The third-order valence-corrected chi connectivity index (χ3v) is 3.05. The molecule has 0 spiro atoms. The van der Waals surface area contributed by atoms with Crippen molar-refractivity contribution < 1.29 is 18.0 Å². The van der Waals surface area contributed by atoms with Crippen LogP contribution >= 0.6 is 15.9 Å². The van der Waals surface area contributed by atoms with Crippen molar-refractivity contribution in [3.63, 3.8) is 0 Å². The Bertz CT molecular complexity index is 447. The van der Waals surface area contributed by atoms with Gasteiger partial charge in [0.2, 0.25) is 0 Å². The second kappa shape index (κ2) is 3.73. The zero-order valence-electron chi connectivity index (χ0n) is 7.88. The van der Waals surface area contributed by atoms with Crippen molar-refractivity contribution in [1.29, 1.82) is 0 Å². The zero-order chi connectivity index (χ0) is 11.9. The Morgan fingerprint density at radius 1 is 1.44 bits per heavy atom. The topological polar surface area (TPSA) is 33.2 Å². The van der Waals surface area contributed by atoms with E-state index in [2.05, 4.69) is 20.9 Å². The number of hydrogen-bond donors (Lipinski definition) is 0. The number of alkyl halides is 3. The van der Waals surface area contributed by atoms with Gasteiger partial charge in [-0.3, -0.25) is 9.78 Å². The molecule has 86 valence electrons. The smallest absolute Gasteiger partial charge is 0.325 e. The van der Waals surface area contributed by atoms with Crippen LogP contribution in [0.5, 0.6) is 0 Å². The predicted octanol–water partition coefficient (Wildman–Crippen LogP) is 2.25. The lowest BCUT2D eigenvalue weighted by atomic mass is 10.2. The zero-order valence-corrected chi connectivity index (χ0v) is 9.47. The molecule has 7 heteroatoms. The molecule has 0 aliphatic carbocycles. The molecule has 1 aliphatic rings. The van der Waals surface area contributed by atoms with Crippen LogP contribution in [0.3, 0.4) is 0 Å². The van der Waals surface area contributed by atoms with Crippen molar-refractivity contribution in [1.82, 2.24) is 9.88 Å². The highest BCUT2D eigenvalue weighted by molar-refractivity contribution is 9.10. The highest BCUT2D eigenvalue weighted by atomic mass is 79.9. The SMILES string of the molecule is O=C(N1Cc2nccc(Br)c2C1)C(F)(F)F. The summed E-state index contributed by atoms with van der Waals surface area (Å²) in [5.74, 6) is -1.82. The van der Waals surface area contributed by atoms with E-state index in [1.807, 2.05) is 0 Å². The van der Waals surface area contributed by atoms with Crippen LogP contribution in [0.25, 0.3) is 0 Å². The van der Waals surface area contributed by atoms with Gasteiger partial charge in [0.05, 0.1) is 12.2 Å². The van der Waals surface area contributed by atoms with E-state index in [1.165, 1.54) is 6.20 Å². The van der Waals surface area contributed by atoms with Crippen molar-refractivity contribution in [3.8, 4) is 0 Å². The van der Waals surface area contributed by atoms with Crippen LogP contribution in [-0.2, 0) is 17.9 Å². The summed E-state index contributed by atoms with van der Waals surface area (Å²) in [6.07, 6.45) is -3.33. The number of hydrogen-bond acceptors (Lipinski definition) is 2. The lowest BCUT2D eigenvalue weighted by Crippen LogP contribution is -2.37. The van der Waals surface area contributed by atoms with Crippen LogP contribution in [0.4, 0.5) is 13.2 Å². The highest BCUT2D eigenvalue weighted by Gasteiger charge is 2.44. The quantitative estimate of drug-likeness (QED) is 0.735. The van der Waals surface area contributed by atoms with Crippen LogP contribution in [0, 0.1) is 0 Å². The first-order valence-electron chi connectivity index (χ1n) is 4.38. The minimum atomic E-state index is -4.82. The summed E-state index contributed by atoms with van der Waals surface area (Å²) in [5.41, 5.74) is 1.15. The maximum Gasteiger partial charge on any atom is 0.471 e. The molecule has 0 saturated heterocycles. The maximum atomic E-state index is 12.2. The van der Waals surface area contributed by atoms with Gasteiger partial charge < -0.3 is 4.90 Å². The van der Waals surface area contributed by atoms with Gasteiger partial charge in [-0.2, -0.15) is 13.2 Å². The first-order valence-corrected chi connectivity index (χ1v) is 5.17. The van der Waals surface area contributed by atoms with Crippen molar-refractivity contribution in [3.05, 3.63) is 28.0 Å². The molecule has 0 bridgehead atoms. The number of carbonyl (C=O) groups excluding carboxylic acids is 1. The largest absolute Gasteiger partial charge is 0.471 e. The summed E-state index contributed by atoms with van der Waals surface area (Å²) in [6.45, 7) is -0.144. The molecule has 1 aromatic rings. The van der Waals surface area contributed by atoms with Gasteiger partial charge in [-0.05, 0) is 6.07 Å². The second-order valence-electron chi connectivity index (χ2n) is 3.38. The van der Waals surface area contributed by atoms with E-state index in [4.69, 9.17) is 0 Å². The Hall–Kier alpha value is -1.11. The summed E-state index contributed by atoms with van der Waals surface area (Å²) in [4.78, 5) is 15.7. The number of fused-ring (bicyclic) bond motifs is 1. The number of halogens is 4. The molecule has 0 radical (unpaired) electrons. The van der Waals surface area contributed by atoms with Gasteiger partial charge in [-0.25, -0.2) is 0 Å². The minimum Gasteiger partial charge on any atom is -0.325 e. The lowest BCUT2D eigenvalue weighted by molar-refractivity contribution is -0.186. The number of pyridine rings is 1. The normalized spacial score (nSPS) is 15.1. The minimum absolute atomic E-state index is 0.0535. The first-order chi connectivity index (χ1) is 7.39. The summed E-state index contributed by atoms with van der Waals surface area (Å²) >= 11 is 3.22. The summed E-state index contributed by atoms with van der Waals surface area (Å²) < 4.78 is 37.3. The van der Waals surface area contributed by atoms with Gasteiger partial charge in [0, 0.05) is 22.8 Å². The second-order valence-corrected chi connectivity index (χ2v) is 4.23. The third kappa shape index (κ3) is 1.91. The van der Waals surface area contributed by atoms with Crippen molar-refractivity contribution in [2.24, 2.45) is 0 Å². The number of aromatic nitrogens is 1. The molecule has 0 fully saturated rings. The van der Waals surface area contributed by atoms with Crippen molar-refractivity contribution in [2.75, 3.05) is 0 Å². The van der Waals surface area contributed by atoms with E-state index in [9.17, 15) is 18.0 Å². The van der Waals surface area contributed by atoms with E-state index in [-0.39, 0.29) is 13.1 Å². The molecular formula is C9H6BrF3N2O. The van der Waals surface area contributed by atoms with E-state index < -0.39 is 12.1 Å². The fourth-order valence-electron chi connectivity index (χ4n) is 1.56. The molecule has 16 heavy (non-hydrogen) atoms. The molecule has 0 atom stereocenters. The Balaban J connectivity index is 2.24. The first kappa shape index (κ1) is 11.4. The molecule has 2 heterocycles. The van der Waals surface area contributed by atoms with Gasteiger partial charge in [0.1, 0.15) is 0 Å². The molecule has 1 amide bonds. The van der Waals surface area contributed by atoms with Crippen molar-refractivity contribution in [2.45, 2.75) is 19.3 Å². The van der Waals surface area contributed by atoms with Crippen LogP contribution in [-0.4, -0.2) is 22.0 Å².